The fourth-order valence-corrected chi connectivity index (χ4v) is 2.35. The number of nitrogens with zero attached hydrogens (tertiary/aromatic N) is 2. The minimum absolute atomic E-state index is 0.224. The van der Waals surface area contributed by atoms with Gasteiger partial charge in [-0.1, -0.05) is 30.3 Å². The van der Waals surface area contributed by atoms with E-state index < -0.39 is 5.97 Å². The van der Waals surface area contributed by atoms with Gasteiger partial charge < -0.3 is 9.47 Å². The topological polar surface area (TPSA) is 61.3 Å². The molecule has 3 rings (SSSR count). The number of hydrogen-bond donors (Lipinski definition) is 0. The first-order valence-electron chi connectivity index (χ1n) is 7.42. The minimum Gasteiger partial charge on any atom is -0.465 e. The normalized spacial score (nSPS) is 10.2. The molecule has 0 fully saturated rings. The largest absolute Gasteiger partial charge is 0.465 e. The lowest BCUT2D eigenvalue weighted by Gasteiger charge is -2.13. The van der Waals surface area contributed by atoms with Crippen molar-refractivity contribution in [3.05, 3.63) is 72.1 Å². The van der Waals surface area contributed by atoms with Crippen molar-refractivity contribution in [2.24, 2.45) is 0 Å². The van der Waals surface area contributed by atoms with E-state index >= 15 is 0 Å². The smallest absolute Gasteiger partial charge is 0.338 e. The molecule has 0 aliphatic carbocycles. The van der Waals surface area contributed by atoms with Crippen LogP contribution in [0.2, 0.25) is 0 Å². The lowest BCUT2D eigenvalue weighted by Crippen LogP contribution is -2.06. The average Bonchev–Trinajstić information content (AvgIpc) is 2.64. The van der Waals surface area contributed by atoms with Crippen LogP contribution >= 0.6 is 0 Å². The summed E-state index contributed by atoms with van der Waals surface area (Å²) in [5, 5.41) is 0. The monoisotopic (exact) mass is 320 g/mol. The molecule has 0 atom stereocenters. The van der Waals surface area contributed by atoms with Gasteiger partial charge in [-0.2, -0.15) is 0 Å². The Morgan fingerprint density at radius 2 is 1.67 bits per heavy atom. The van der Waals surface area contributed by atoms with Crippen LogP contribution in [0.4, 0.5) is 0 Å². The fourth-order valence-electron chi connectivity index (χ4n) is 2.35. The van der Waals surface area contributed by atoms with Gasteiger partial charge in [0.15, 0.2) is 0 Å². The Labute approximate surface area is 139 Å². The molecule has 0 N–H and O–H groups in total. The second kappa shape index (κ2) is 6.91. The molecule has 0 bridgehead atoms. The van der Waals surface area contributed by atoms with Gasteiger partial charge in [-0.3, -0.25) is 0 Å². The van der Waals surface area contributed by atoms with Crippen LogP contribution in [0.1, 0.15) is 15.9 Å². The van der Waals surface area contributed by atoms with E-state index in [4.69, 9.17) is 9.47 Å². The highest BCUT2D eigenvalue weighted by Crippen LogP contribution is 2.32. The van der Waals surface area contributed by atoms with Gasteiger partial charge in [-0.05, 0) is 36.2 Å². The summed E-state index contributed by atoms with van der Waals surface area (Å²) in [5.41, 5.74) is 2.95. The standard InChI is InChI=1S/C19H16N2O3/c1-13-16(18(22)23-2)11-15(14-7-4-3-5-8-14)12-17(13)24-19-20-9-6-10-21-19/h3-12H,1-2H3. The molecule has 0 aliphatic rings. The molecular weight excluding hydrogens is 304 g/mol. The van der Waals surface area contributed by atoms with Crippen molar-refractivity contribution in [2.75, 3.05) is 7.11 Å². The number of hydrogen-bond acceptors (Lipinski definition) is 5. The van der Waals surface area contributed by atoms with Crippen LogP contribution in [0.25, 0.3) is 11.1 Å². The Bertz CT molecular complexity index is 849. The van der Waals surface area contributed by atoms with Crippen LogP contribution in [-0.4, -0.2) is 23.0 Å². The van der Waals surface area contributed by atoms with Crippen LogP contribution in [0.15, 0.2) is 60.9 Å². The molecule has 3 aromatic rings. The van der Waals surface area contributed by atoms with Gasteiger partial charge >= 0.3 is 12.0 Å². The van der Waals surface area contributed by atoms with Gasteiger partial charge in [-0.25, -0.2) is 14.8 Å². The predicted molar refractivity (Wildman–Crippen MR) is 90.1 cm³/mol. The molecule has 120 valence electrons. The van der Waals surface area contributed by atoms with E-state index in [9.17, 15) is 4.79 Å². The minimum atomic E-state index is -0.413. The number of ether oxygens (including phenoxy) is 2. The third kappa shape index (κ3) is 3.25. The zero-order valence-corrected chi connectivity index (χ0v) is 13.4. The molecule has 0 spiro atoms. The maximum Gasteiger partial charge on any atom is 0.338 e. The average molecular weight is 320 g/mol. The Balaban J connectivity index is 2.11. The molecule has 0 aliphatic heterocycles. The molecule has 24 heavy (non-hydrogen) atoms. The Morgan fingerprint density at radius 3 is 2.33 bits per heavy atom. The lowest BCUT2D eigenvalue weighted by molar-refractivity contribution is 0.0599. The third-order valence-electron chi connectivity index (χ3n) is 3.62. The molecule has 0 amide bonds. The summed E-state index contributed by atoms with van der Waals surface area (Å²) in [4.78, 5) is 20.2. The summed E-state index contributed by atoms with van der Waals surface area (Å²) in [6.07, 6.45) is 3.19. The Kier molecular flexibility index (Phi) is 4.52. The van der Waals surface area contributed by atoms with Crippen molar-refractivity contribution < 1.29 is 14.3 Å². The molecule has 2 aromatic carbocycles. The Morgan fingerprint density at radius 1 is 0.958 bits per heavy atom. The number of methoxy groups -OCH3 is 1. The number of carbonyl (C=O) groups excluding carboxylic acids is 1. The van der Waals surface area contributed by atoms with Crippen molar-refractivity contribution in [2.45, 2.75) is 6.92 Å². The highest BCUT2D eigenvalue weighted by atomic mass is 16.5. The van der Waals surface area contributed by atoms with Crippen LogP contribution < -0.4 is 4.74 Å². The quantitative estimate of drug-likeness (QED) is 0.679. The number of esters is 1. The van der Waals surface area contributed by atoms with Crippen molar-refractivity contribution >= 4 is 5.97 Å². The number of benzene rings is 2. The predicted octanol–water partition coefficient (Wildman–Crippen LogP) is 4.03. The maximum atomic E-state index is 12.1. The Hall–Kier alpha value is -3.21. The molecule has 0 saturated heterocycles. The van der Waals surface area contributed by atoms with E-state index in [2.05, 4.69) is 9.97 Å². The zero-order valence-electron chi connectivity index (χ0n) is 13.4. The van der Waals surface area contributed by atoms with Gasteiger partial charge in [0.1, 0.15) is 5.75 Å². The van der Waals surface area contributed by atoms with Gasteiger partial charge in [0.25, 0.3) is 0 Å². The van der Waals surface area contributed by atoms with E-state index in [1.807, 2.05) is 36.4 Å². The van der Waals surface area contributed by atoms with E-state index in [0.29, 0.717) is 16.9 Å². The summed E-state index contributed by atoms with van der Waals surface area (Å²) in [5.74, 6) is 0.104. The zero-order chi connectivity index (χ0) is 16.9. The number of aromatic nitrogens is 2. The summed E-state index contributed by atoms with van der Waals surface area (Å²) < 4.78 is 10.7. The van der Waals surface area contributed by atoms with Crippen LogP contribution in [-0.2, 0) is 4.74 Å². The second-order valence-corrected chi connectivity index (χ2v) is 5.14. The molecule has 5 heteroatoms. The molecule has 0 radical (unpaired) electrons. The first-order chi connectivity index (χ1) is 11.7. The third-order valence-corrected chi connectivity index (χ3v) is 3.62. The molecule has 0 saturated carbocycles. The number of rotatable bonds is 4. The highest BCUT2D eigenvalue weighted by molar-refractivity contribution is 5.93. The summed E-state index contributed by atoms with van der Waals surface area (Å²) >= 11 is 0. The molecule has 5 nitrogen and oxygen atoms in total. The lowest BCUT2D eigenvalue weighted by atomic mass is 9.99. The van der Waals surface area contributed by atoms with Crippen molar-refractivity contribution in [3.63, 3.8) is 0 Å². The van der Waals surface area contributed by atoms with Crippen LogP contribution in [0.5, 0.6) is 11.8 Å². The van der Waals surface area contributed by atoms with E-state index in [0.717, 1.165) is 11.1 Å². The number of carbonyl (C=O) groups is 1. The van der Waals surface area contributed by atoms with Gasteiger partial charge in [-0.15, -0.1) is 0 Å². The molecule has 1 heterocycles. The van der Waals surface area contributed by atoms with Crippen molar-refractivity contribution in [3.8, 4) is 22.9 Å². The highest BCUT2D eigenvalue weighted by Gasteiger charge is 2.17. The SMILES string of the molecule is COC(=O)c1cc(-c2ccccc2)cc(Oc2ncccn2)c1C. The summed E-state index contributed by atoms with van der Waals surface area (Å²) in [6.45, 7) is 1.80. The molecular formula is C19H16N2O3. The second-order valence-electron chi connectivity index (χ2n) is 5.14. The molecule has 0 unspecified atom stereocenters. The van der Waals surface area contributed by atoms with E-state index in [-0.39, 0.29) is 6.01 Å². The van der Waals surface area contributed by atoms with Gasteiger partial charge in [0, 0.05) is 18.0 Å². The van der Waals surface area contributed by atoms with Crippen LogP contribution in [0.3, 0.4) is 0 Å². The first kappa shape index (κ1) is 15.7. The molecule has 1 aromatic heterocycles. The van der Waals surface area contributed by atoms with Gasteiger partial charge in [0.05, 0.1) is 12.7 Å². The van der Waals surface area contributed by atoms with Crippen molar-refractivity contribution in [1.82, 2.24) is 9.97 Å². The fraction of sp³-hybridized carbons (Fsp3) is 0.105. The summed E-state index contributed by atoms with van der Waals surface area (Å²) in [6, 6.07) is 15.4. The first-order valence-corrected chi connectivity index (χ1v) is 7.42. The van der Waals surface area contributed by atoms with Crippen LogP contribution in [0, 0.1) is 6.92 Å². The summed E-state index contributed by atoms with van der Waals surface area (Å²) in [7, 11) is 1.36. The maximum absolute atomic E-state index is 12.1. The van der Waals surface area contributed by atoms with Crippen molar-refractivity contribution in [1.29, 1.82) is 0 Å². The van der Waals surface area contributed by atoms with E-state index in [1.165, 1.54) is 7.11 Å². The van der Waals surface area contributed by atoms with Gasteiger partial charge in [0.2, 0.25) is 0 Å². The van der Waals surface area contributed by atoms with E-state index in [1.54, 1.807) is 31.5 Å².